The van der Waals surface area contributed by atoms with Crippen molar-refractivity contribution < 1.29 is 23.5 Å². The maximum Gasteiger partial charge on any atom is 0.335 e. The first-order valence-corrected chi connectivity index (χ1v) is 10.6. The summed E-state index contributed by atoms with van der Waals surface area (Å²) in [4.78, 5) is 26.5. The standard InChI is InChI=1S/C24H19F2N3O3/c25-16-3-4-20(19(26)10-16)29-22-17-8-14(17)9-18(22)21(27-29)23(30)28-6-5-12-1-2-13(24(31)32)7-15(12)11-28/h1-4,7,10,14,17H,5-6,8-9,11H2,(H,31,32)/t14-,17-/m1/s1. The lowest BCUT2D eigenvalue weighted by atomic mass is 9.97. The second kappa shape index (κ2) is 6.72. The summed E-state index contributed by atoms with van der Waals surface area (Å²) < 4.78 is 29.4. The van der Waals surface area contributed by atoms with Crippen molar-refractivity contribution in [3.63, 3.8) is 0 Å². The van der Waals surface area contributed by atoms with Crippen LogP contribution in [0.2, 0.25) is 0 Å². The molecule has 8 heteroatoms. The van der Waals surface area contributed by atoms with E-state index in [2.05, 4.69) is 5.10 Å². The molecule has 2 atom stereocenters. The van der Waals surface area contributed by atoms with E-state index in [0.29, 0.717) is 31.1 Å². The van der Waals surface area contributed by atoms with Crippen LogP contribution in [0.15, 0.2) is 36.4 Å². The molecule has 6 nitrogen and oxygen atoms in total. The highest BCUT2D eigenvalue weighted by Crippen LogP contribution is 2.57. The van der Waals surface area contributed by atoms with Gasteiger partial charge in [0, 0.05) is 30.6 Å². The molecule has 1 saturated carbocycles. The van der Waals surface area contributed by atoms with E-state index in [1.807, 2.05) is 0 Å². The van der Waals surface area contributed by atoms with Gasteiger partial charge >= 0.3 is 5.97 Å². The highest BCUT2D eigenvalue weighted by atomic mass is 19.1. The molecule has 3 aromatic rings. The number of carbonyl (C=O) groups excluding carboxylic acids is 1. The van der Waals surface area contributed by atoms with Crippen LogP contribution in [-0.4, -0.2) is 38.2 Å². The molecule has 0 saturated heterocycles. The van der Waals surface area contributed by atoms with Crippen LogP contribution in [0.4, 0.5) is 8.78 Å². The van der Waals surface area contributed by atoms with Crippen molar-refractivity contribution in [2.24, 2.45) is 5.92 Å². The third-order valence-electron chi connectivity index (χ3n) is 6.86. The van der Waals surface area contributed by atoms with Crippen LogP contribution < -0.4 is 0 Å². The topological polar surface area (TPSA) is 75.4 Å². The number of fused-ring (bicyclic) bond motifs is 4. The first-order valence-electron chi connectivity index (χ1n) is 10.6. The van der Waals surface area contributed by atoms with Gasteiger partial charge in [-0.05, 0) is 60.6 Å². The molecule has 6 rings (SSSR count). The van der Waals surface area contributed by atoms with Crippen molar-refractivity contribution in [1.29, 1.82) is 0 Å². The molecular weight excluding hydrogens is 416 g/mol. The van der Waals surface area contributed by atoms with Crippen LogP contribution in [0.5, 0.6) is 0 Å². The maximum atomic E-state index is 14.5. The summed E-state index contributed by atoms with van der Waals surface area (Å²) in [5.74, 6) is -1.92. The number of hydrogen-bond acceptors (Lipinski definition) is 3. The summed E-state index contributed by atoms with van der Waals surface area (Å²) in [6.45, 7) is 0.798. The number of aromatic nitrogens is 2. The third kappa shape index (κ3) is 2.86. The van der Waals surface area contributed by atoms with Crippen LogP contribution in [0.1, 0.15) is 55.6 Å². The largest absolute Gasteiger partial charge is 0.478 e. The van der Waals surface area contributed by atoms with Gasteiger partial charge in [-0.25, -0.2) is 18.3 Å². The molecule has 1 fully saturated rings. The van der Waals surface area contributed by atoms with Crippen LogP contribution in [0.3, 0.4) is 0 Å². The van der Waals surface area contributed by atoms with E-state index in [0.717, 1.165) is 41.3 Å². The van der Waals surface area contributed by atoms with Crippen molar-refractivity contribution in [3.05, 3.63) is 81.7 Å². The molecule has 3 aliphatic rings. The zero-order valence-electron chi connectivity index (χ0n) is 17.0. The summed E-state index contributed by atoms with van der Waals surface area (Å²) >= 11 is 0. The Balaban J connectivity index is 1.37. The van der Waals surface area contributed by atoms with Crippen molar-refractivity contribution in [3.8, 4) is 5.69 Å². The number of aromatic carboxylic acids is 1. The Labute approximate surface area is 182 Å². The normalized spacial score (nSPS) is 20.5. The lowest BCUT2D eigenvalue weighted by Crippen LogP contribution is -2.36. The van der Waals surface area contributed by atoms with Gasteiger partial charge in [-0.2, -0.15) is 5.10 Å². The molecule has 0 spiro atoms. The van der Waals surface area contributed by atoms with Crippen molar-refractivity contribution in [1.82, 2.24) is 14.7 Å². The van der Waals surface area contributed by atoms with Gasteiger partial charge in [0.2, 0.25) is 0 Å². The molecule has 1 aromatic heterocycles. The van der Waals surface area contributed by atoms with E-state index < -0.39 is 17.6 Å². The number of rotatable bonds is 3. The van der Waals surface area contributed by atoms with E-state index in [-0.39, 0.29) is 23.1 Å². The molecule has 2 aromatic carbocycles. The van der Waals surface area contributed by atoms with Gasteiger partial charge in [0.25, 0.3) is 5.91 Å². The Morgan fingerprint density at radius 1 is 1.09 bits per heavy atom. The Bertz CT molecular complexity index is 1320. The average Bonchev–Trinajstić information content (AvgIpc) is 3.28. The average molecular weight is 435 g/mol. The lowest BCUT2D eigenvalue weighted by Gasteiger charge is -2.28. The highest BCUT2D eigenvalue weighted by molar-refractivity contribution is 5.95. The number of benzene rings is 2. The molecule has 2 aliphatic carbocycles. The Morgan fingerprint density at radius 2 is 1.94 bits per heavy atom. The number of carboxylic acids is 1. The number of hydrogen-bond donors (Lipinski definition) is 1. The van der Waals surface area contributed by atoms with Gasteiger partial charge in [0.1, 0.15) is 11.5 Å². The van der Waals surface area contributed by atoms with Gasteiger partial charge in [-0.15, -0.1) is 0 Å². The highest BCUT2D eigenvalue weighted by Gasteiger charge is 2.50. The summed E-state index contributed by atoms with van der Waals surface area (Å²) in [5.41, 5.74) is 4.20. The monoisotopic (exact) mass is 435 g/mol. The number of nitrogens with zero attached hydrogens (tertiary/aromatic N) is 3. The van der Waals surface area contributed by atoms with Crippen LogP contribution >= 0.6 is 0 Å². The van der Waals surface area contributed by atoms with Crippen molar-refractivity contribution in [2.45, 2.75) is 31.7 Å². The molecule has 1 N–H and O–H groups in total. The summed E-state index contributed by atoms with van der Waals surface area (Å²) in [7, 11) is 0. The van der Waals surface area contributed by atoms with Gasteiger partial charge in [0.05, 0.1) is 11.3 Å². The molecule has 0 bridgehead atoms. The molecule has 32 heavy (non-hydrogen) atoms. The first kappa shape index (κ1) is 19.2. The van der Waals surface area contributed by atoms with Gasteiger partial charge in [-0.1, -0.05) is 6.07 Å². The number of carbonyl (C=O) groups is 2. The second-order valence-corrected chi connectivity index (χ2v) is 8.79. The van der Waals surface area contributed by atoms with E-state index >= 15 is 0 Å². The molecule has 1 amide bonds. The Hall–Kier alpha value is -3.55. The van der Waals surface area contributed by atoms with Crippen LogP contribution in [0.25, 0.3) is 5.69 Å². The zero-order valence-corrected chi connectivity index (χ0v) is 17.0. The molecule has 2 heterocycles. The zero-order chi connectivity index (χ0) is 22.1. The van der Waals surface area contributed by atoms with Crippen molar-refractivity contribution in [2.75, 3.05) is 6.54 Å². The molecular formula is C24H19F2N3O3. The predicted molar refractivity (Wildman–Crippen MR) is 110 cm³/mol. The molecule has 0 radical (unpaired) electrons. The van der Waals surface area contributed by atoms with Crippen LogP contribution in [0, 0.1) is 17.6 Å². The molecule has 162 valence electrons. The molecule has 0 unspecified atom stereocenters. The van der Waals surface area contributed by atoms with Crippen molar-refractivity contribution >= 4 is 11.9 Å². The van der Waals surface area contributed by atoms with Crippen LogP contribution in [-0.2, 0) is 19.4 Å². The third-order valence-corrected chi connectivity index (χ3v) is 6.86. The first-order chi connectivity index (χ1) is 15.4. The van der Waals surface area contributed by atoms with Gasteiger partial charge in [0.15, 0.2) is 11.5 Å². The Morgan fingerprint density at radius 3 is 2.72 bits per heavy atom. The number of halogens is 2. The quantitative estimate of drug-likeness (QED) is 0.681. The minimum absolute atomic E-state index is 0.143. The predicted octanol–water partition coefficient (Wildman–Crippen LogP) is 3.71. The minimum atomic E-state index is -1.01. The fraction of sp³-hybridized carbons (Fsp3) is 0.292. The summed E-state index contributed by atoms with van der Waals surface area (Å²) in [6, 6.07) is 8.37. The fourth-order valence-electron chi connectivity index (χ4n) is 5.14. The molecule has 1 aliphatic heterocycles. The van der Waals surface area contributed by atoms with E-state index in [9.17, 15) is 23.5 Å². The minimum Gasteiger partial charge on any atom is -0.478 e. The van der Waals surface area contributed by atoms with E-state index in [1.165, 1.54) is 16.8 Å². The lowest BCUT2D eigenvalue weighted by molar-refractivity contribution is 0.0696. The van der Waals surface area contributed by atoms with E-state index in [1.54, 1.807) is 23.1 Å². The smallest absolute Gasteiger partial charge is 0.335 e. The van der Waals surface area contributed by atoms with Gasteiger partial charge < -0.3 is 10.0 Å². The summed E-state index contributed by atoms with van der Waals surface area (Å²) in [6.07, 6.45) is 2.35. The Kier molecular flexibility index (Phi) is 4.02. The van der Waals surface area contributed by atoms with E-state index in [4.69, 9.17) is 0 Å². The fourth-order valence-corrected chi connectivity index (χ4v) is 5.14. The number of amides is 1. The SMILES string of the molecule is O=C(O)c1ccc2c(c1)CN(C(=O)c1nn(-c3ccc(F)cc3F)c3c1C[C@H]1C[C@@H]31)CC2. The second-order valence-electron chi connectivity index (χ2n) is 8.79. The van der Waals surface area contributed by atoms with Gasteiger partial charge in [-0.3, -0.25) is 4.79 Å². The maximum absolute atomic E-state index is 14.5. The number of carboxylic acid groups (broad SMARTS) is 1. The summed E-state index contributed by atoms with van der Waals surface area (Å²) in [5, 5.41) is 13.8.